The maximum Gasteiger partial charge on any atom is 0.220 e. The molecule has 0 saturated carbocycles. The average molecular weight is 402 g/mol. The number of allylic oxidation sites excluding steroid dienone is 1. The van der Waals surface area contributed by atoms with Crippen molar-refractivity contribution in [2.45, 2.75) is 18.4 Å². The highest BCUT2D eigenvalue weighted by Gasteiger charge is 2.32. The summed E-state index contributed by atoms with van der Waals surface area (Å²) in [5, 5.41) is 9.35. The molecule has 0 N–H and O–H groups in total. The van der Waals surface area contributed by atoms with Crippen LogP contribution in [-0.4, -0.2) is 8.42 Å². The summed E-state index contributed by atoms with van der Waals surface area (Å²) in [7, 11) is -3.80. The number of ether oxygens (including phenoxy) is 1. The molecule has 0 aromatic heterocycles. The summed E-state index contributed by atoms with van der Waals surface area (Å²) in [6.45, 7) is 2.36. The van der Waals surface area contributed by atoms with Crippen LogP contribution < -0.4 is 9.64 Å². The van der Waals surface area contributed by atoms with Gasteiger partial charge in [0.15, 0.2) is 4.91 Å². The highest BCUT2D eigenvalue weighted by Crippen LogP contribution is 2.40. The van der Waals surface area contributed by atoms with Crippen LogP contribution in [0.1, 0.15) is 11.1 Å². The monoisotopic (exact) mass is 402 g/mol. The van der Waals surface area contributed by atoms with Gasteiger partial charge in [0.1, 0.15) is 18.4 Å². The third kappa shape index (κ3) is 3.60. The predicted molar refractivity (Wildman–Crippen MR) is 111 cm³/mol. The first-order valence-electron chi connectivity index (χ1n) is 9.03. The van der Waals surface area contributed by atoms with Crippen molar-refractivity contribution >= 4 is 21.2 Å². The van der Waals surface area contributed by atoms with Gasteiger partial charge in [0, 0.05) is 11.9 Å². The summed E-state index contributed by atoms with van der Waals surface area (Å²) in [5.74, 6) is 0.705. The Morgan fingerprint density at radius 1 is 1.00 bits per heavy atom. The van der Waals surface area contributed by atoms with Gasteiger partial charge in [-0.3, -0.25) is 0 Å². The number of anilines is 2. The molecule has 29 heavy (non-hydrogen) atoms. The Balaban J connectivity index is 1.65. The predicted octanol–water partition coefficient (Wildman–Crippen LogP) is 4.86. The molecule has 144 valence electrons. The van der Waals surface area contributed by atoms with Crippen molar-refractivity contribution in [1.29, 1.82) is 5.26 Å². The van der Waals surface area contributed by atoms with Gasteiger partial charge in [-0.05, 0) is 54.4 Å². The number of hydrogen-bond donors (Lipinski definition) is 0. The number of nitrogens with zero attached hydrogens (tertiary/aromatic N) is 2. The van der Waals surface area contributed by atoms with Crippen LogP contribution in [0.15, 0.2) is 88.8 Å². The van der Waals surface area contributed by atoms with Crippen LogP contribution in [0.25, 0.3) is 0 Å². The first kappa shape index (κ1) is 18.8. The molecule has 6 heteroatoms. The molecule has 1 heterocycles. The van der Waals surface area contributed by atoms with Gasteiger partial charge in [-0.1, -0.05) is 36.4 Å². The largest absolute Gasteiger partial charge is 0.489 e. The van der Waals surface area contributed by atoms with E-state index in [4.69, 9.17) is 4.74 Å². The Labute approximate surface area is 170 Å². The van der Waals surface area contributed by atoms with E-state index in [1.807, 2.05) is 61.5 Å². The number of benzene rings is 3. The molecular weight excluding hydrogens is 384 g/mol. The molecule has 0 unspecified atom stereocenters. The molecule has 1 aliphatic rings. The quantitative estimate of drug-likeness (QED) is 0.623. The van der Waals surface area contributed by atoms with Crippen LogP contribution in [0, 0.1) is 18.3 Å². The minimum atomic E-state index is -3.80. The van der Waals surface area contributed by atoms with Crippen LogP contribution in [0.3, 0.4) is 0 Å². The van der Waals surface area contributed by atoms with Crippen LogP contribution in [0.5, 0.6) is 5.75 Å². The minimum absolute atomic E-state index is 0.131. The summed E-state index contributed by atoms with van der Waals surface area (Å²) in [4.78, 5) is 1.58. The Kier molecular flexibility index (Phi) is 4.83. The SMILES string of the molecule is Cc1ccc2c(c1)N(c1ccc(OCc3ccccc3)cc1)C=C(C#N)S2(=O)=O. The summed E-state index contributed by atoms with van der Waals surface area (Å²) in [5.41, 5.74) is 3.28. The topological polar surface area (TPSA) is 70.4 Å². The number of fused-ring (bicyclic) bond motifs is 1. The fourth-order valence-electron chi connectivity index (χ4n) is 3.16. The second kappa shape index (κ2) is 7.46. The van der Waals surface area contributed by atoms with Crippen LogP contribution in [-0.2, 0) is 16.4 Å². The Hall–Kier alpha value is -3.56. The fraction of sp³-hybridized carbons (Fsp3) is 0.0870. The van der Waals surface area contributed by atoms with Gasteiger partial charge in [-0.2, -0.15) is 5.26 Å². The number of nitriles is 1. The molecule has 3 aromatic rings. The van der Waals surface area contributed by atoms with E-state index in [0.717, 1.165) is 16.8 Å². The molecule has 0 amide bonds. The fourth-order valence-corrected chi connectivity index (χ4v) is 4.45. The second-order valence-corrected chi connectivity index (χ2v) is 8.60. The second-order valence-electron chi connectivity index (χ2n) is 6.72. The molecule has 4 rings (SSSR count). The van der Waals surface area contributed by atoms with Crippen LogP contribution in [0.2, 0.25) is 0 Å². The first-order chi connectivity index (χ1) is 14.0. The van der Waals surface area contributed by atoms with Gasteiger partial charge < -0.3 is 9.64 Å². The van der Waals surface area contributed by atoms with Crippen molar-refractivity contribution in [3.63, 3.8) is 0 Å². The van der Waals surface area contributed by atoms with Gasteiger partial charge >= 0.3 is 0 Å². The summed E-state index contributed by atoms with van der Waals surface area (Å²) >= 11 is 0. The molecular formula is C23H18N2O3S. The van der Waals surface area contributed by atoms with Gasteiger partial charge in [-0.15, -0.1) is 0 Å². The van der Waals surface area contributed by atoms with E-state index in [1.165, 1.54) is 6.20 Å². The van der Waals surface area contributed by atoms with Gasteiger partial charge in [0.05, 0.1) is 10.6 Å². The lowest BCUT2D eigenvalue weighted by Crippen LogP contribution is -2.21. The highest BCUT2D eigenvalue weighted by molar-refractivity contribution is 7.95. The standard InChI is InChI=1S/C23H18N2O3S/c1-17-7-12-23-22(13-17)25(15-21(14-24)29(23,26)27)19-8-10-20(11-9-19)28-16-18-5-3-2-4-6-18/h2-13,15H,16H2,1H3. The zero-order chi connectivity index (χ0) is 20.4. The summed E-state index contributed by atoms with van der Waals surface area (Å²) in [6, 6.07) is 24.1. The highest BCUT2D eigenvalue weighted by atomic mass is 32.2. The van der Waals surface area contributed by atoms with Gasteiger partial charge in [-0.25, -0.2) is 8.42 Å². The molecule has 0 fully saturated rings. The van der Waals surface area contributed by atoms with Crippen molar-refractivity contribution in [1.82, 2.24) is 0 Å². The first-order valence-corrected chi connectivity index (χ1v) is 10.5. The lowest BCUT2D eigenvalue weighted by molar-refractivity contribution is 0.306. The van der Waals surface area contributed by atoms with E-state index >= 15 is 0 Å². The van der Waals surface area contributed by atoms with Crippen molar-refractivity contribution in [3.05, 3.63) is 95.0 Å². The van der Waals surface area contributed by atoms with Crippen molar-refractivity contribution in [2.75, 3.05) is 4.90 Å². The molecule has 3 aromatic carbocycles. The zero-order valence-electron chi connectivity index (χ0n) is 15.7. The van der Waals surface area contributed by atoms with Crippen molar-refractivity contribution in [2.24, 2.45) is 0 Å². The lowest BCUT2D eigenvalue weighted by atomic mass is 10.2. The number of aryl methyl sites for hydroxylation is 1. The number of hydrogen-bond acceptors (Lipinski definition) is 5. The van der Waals surface area contributed by atoms with E-state index < -0.39 is 9.84 Å². The maximum atomic E-state index is 12.7. The summed E-state index contributed by atoms with van der Waals surface area (Å²) in [6.07, 6.45) is 1.37. The van der Waals surface area contributed by atoms with E-state index in [1.54, 1.807) is 29.2 Å². The molecule has 0 spiro atoms. The molecule has 0 atom stereocenters. The zero-order valence-corrected chi connectivity index (χ0v) is 16.6. The number of sulfone groups is 1. The van der Waals surface area contributed by atoms with Crippen molar-refractivity contribution in [3.8, 4) is 11.8 Å². The van der Waals surface area contributed by atoms with E-state index in [2.05, 4.69) is 0 Å². The van der Waals surface area contributed by atoms with Crippen molar-refractivity contribution < 1.29 is 13.2 Å². The van der Waals surface area contributed by atoms with E-state index in [0.29, 0.717) is 18.0 Å². The third-order valence-electron chi connectivity index (χ3n) is 4.67. The molecule has 1 aliphatic heterocycles. The molecule has 5 nitrogen and oxygen atoms in total. The normalized spacial score (nSPS) is 14.5. The Bertz CT molecular complexity index is 1230. The van der Waals surface area contributed by atoms with Crippen LogP contribution in [0.4, 0.5) is 11.4 Å². The molecule has 0 saturated heterocycles. The smallest absolute Gasteiger partial charge is 0.220 e. The molecule has 0 radical (unpaired) electrons. The van der Waals surface area contributed by atoms with Gasteiger partial charge in [0.25, 0.3) is 0 Å². The molecule has 0 aliphatic carbocycles. The molecule has 0 bridgehead atoms. The summed E-state index contributed by atoms with van der Waals surface area (Å²) < 4.78 is 31.1. The van der Waals surface area contributed by atoms with Gasteiger partial charge in [0.2, 0.25) is 9.84 Å². The lowest BCUT2D eigenvalue weighted by Gasteiger charge is -2.28. The number of rotatable bonds is 4. The van der Waals surface area contributed by atoms with E-state index in [9.17, 15) is 13.7 Å². The maximum absolute atomic E-state index is 12.7. The van der Waals surface area contributed by atoms with E-state index in [-0.39, 0.29) is 9.80 Å². The van der Waals surface area contributed by atoms with Crippen LogP contribution >= 0.6 is 0 Å². The Morgan fingerprint density at radius 3 is 2.41 bits per heavy atom. The minimum Gasteiger partial charge on any atom is -0.489 e. The third-order valence-corrected chi connectivity index (χ3v) is 6.37. The average Bonchev–Trinajstić information content (AvgIpc) is 2.73. The Morgan fingerprint density at radius 2 is 1.72 bits per heavy atom.